The fourth-order valence-electron chi connectivity index (χ4n) is 2.72. The predicted octanol–water partition coefficient (Wildman–Crippen LogP) is 2.79. The van der Waals surface area contributed by atoms with Gasteiger partial charge in [0, 0.05) is 36.3 Å². The third kappa shape index (κ3) is 2.77. The van der Waals surface area contributed by atoms with Gasteiger partial charge in [0.25, 0.3) is 5.91 Å². The third-order valence-electron chi connectivity index (χ3n) is 3.99. The summed E-state index contributed by atoms with van der Waals surface area (Å²) in [5, 5.41) is 13.5. The van der Waals surface area contributed by atoms with Gasteiger partial charge in [-0.3, -0.25) is 15.2 Å². The molecule has 2 aromatic heterocycles. The second-order valence-electron chi connectivity index (χ2n) is 5.45. The van der Waals surface area contributed by atoms with Crippen LogP contribution in [0.1, 0.15) is 27.3 Å². The van der Waals surface area contributed by atoms with Crippen LogP contribution in [0.15, 0.2) is 12.1 Å². The molecule has 0 spiro atoms. The zero-order valence-electron chi connectivity index (χ0n) is 12.8. The van der Waals surface area contributed by atoms with E-state index in [-0.39, 0.29) is 24.1 Å². The Hall–Kier alpha value is -2.03. The van der Waals surface area contributed by atoms with E-state index in [1.54, 1.807) is 13.0 Å². The Morgan fingerprint density at radius 3 is 3.08 bits per heavy atom. The number of H-pyrrole nitrogens is 1. The lowest BCUT2D eigenvalue weighted by Crippen LogP contribution is -2.25. The molecule has 1 aliphatic rings. The van der Waals surface area contributed by atoms with Crippen molar-refractivity contribution in [3.05, 3.63) is 40.5 Å². The number of nitrogens with zero attached hydrogens (tertiary/aromatic N) is 2. The summed E-state index contributed by atoms with van der Waals surface area (Å²) < 4.78 is 14.4. The molecule has 9 heteroatoms. The van der Waals surface area contributed by atoms with E-state index >= 15 is 0 Å². The highest BCUT2D eigenvalue weighted by Crippen LogP contribution is 2.29. The Bertz CT molecular complexity index is 922. The quantitative estimate of drug-likeness (QED) is 0.650. The van der Waals surface area contributed by atoms with E-state index in [2.05, 4.69) is 25.8 Å². The number of amides is 1. The van der Waals surface area contributed by atoms with Gasteiger partial charge in [-0.15, -0.1) is 12.4 Å². The van der Waals surface area contributed by atoms with Gasteiger partial charge in [0.05, 0.1) is 10.2 Å². The van der Waals surface area contributed by atoms with Crippen LogP contribution in [-0.2, 0) is 13.0 Å². The van der Waals surface area contributed by atoms with Gasteiger partial charge in [-0.25, -0.2) is 9.37 Å². The van der Waals surface area contributed by atoms with E-state index in [0.29, 0.717) is 28.5 Å². The number of rotatable bonds is 2. The molecule has 0 radical (unpaired) electrons. The fourth-order valence-corrected chi connectivity index (χ4v) is 3.64. The molecule has 4 rings (SSSR count). The molecule has 1 aromatic carbocycles. The number of anilines is 1. The van der Waals surface area contributed by atoms with E-state index in [0.717, 1.165) is 28.9 Å². The first-order chi connectivity index (χ1) is 11.1. The second-order valence-corrected chi connectivity index (χ2v) is 6.48. The van der Waals surface area contributed by atoms with Crippen LogP contribution in [0.4, 0.5) is 9.52 Å². The molecule has 1 aliphatic heterocycles. The Morgan fingerprint density at radius 2 is 2.25 bits per heavy atom. The molecular formula is C15H15ClFN5OS. The Kier molecular flexibility index (Phi) is 4.53. The molecule has 3 aromatic rings. The van der Waals surface area contributed by atoms with Gasteiger partial charge < -0.3 is 5.32 Å². The van der Waals surface area contributed by atoms with Crippen LogP contribution in [0.2, 0.25) is 0 Å². The van der Waals surface area contributed by atoms with Crippen molar-refractivity contribution < 1.29 is 9.18 Å². The molecule has 1 amide bonds. The van der Waals surface area contributed by atoms with Crippen molar-refractivity contribution in [1.82, 2.24) is 20.5 Å². The number of carbonyl (C=O) groups excluding carboxylic acids is 1. The minimum atomic E-state index is -0.302. The number of nitrogens with one attached hydrogen (secondary N) is 3. The first-order valence-electron chi connectivity index (χ1n) is 7.27. The maximum atomic E-state index is 13.6. The normalized spacial score (nSPS) is 13.4. The largest absolute Gasteiger partial charge is 0.312 e. The fraction of sp³-hybridized carbons (Fsp3) is 0.267. The van der Waals surface area contributed by atoms with Crippen LogP contribution in [0.25, 0.3) is 10.2 Å². The van der Waals surface area contributed by atoms with E-state index < -0.39 is 0 Å². The zero-order valence-corrected chi connectivity index (χ0v) is 14.4. The van der Waals surface area contributed by atoms with Crippen molar-refractivity contribution in [2.45, 2.75) is 19.9 Å². The van der Waals surface area contributed by atoms with Crippen LogP contribution >= 0.6 is 23.7 Å². The van der Waals surface area contributed by atoms with Crippen molar-refractivity contribution in [2.75, 3.05) is 11.9 Å². The van der Waals surface area contributed by atoms with Crippen LogP contribution < -0.4 is 10.6 Å². The van der Waals surface area contributed by atoms with Gasteiger partial charge in [0.15, 0.2) is 10.8 Å². The first kappa shape index (κ1) is 16.8. The number of hydrogen-bond donors (Lipinski definition) is 3. The monoisotopic (exact) mass is 367 g/mol. The summed E-state index contributed by atoms with van der Waals surface area (Å²) in [6.07, 6.45) is 0.829. The predicted molar refractivity (Wildman–Crippen MR) is 93.5 cm³/mol. The van der Waals surface area contributed by atoms with Gasteiger partial charge in [-0.2, -0.15) is 5.10 Å². The number of halogens is 2. The maximum absolute atomic E-state index is 13.6. The maximum Gasteiger partial charge on any atom is 0.278 e. The molecule has 6 nitrogen and oxygen atoms in total. The molecule has 0 saturated carbocycles. The second kappa shape index (κ2) is 6.46. The smallest absolute Gasteiger partial charge is 0.278 e. The first-order valence-corrected chi connectivity index (χ1v) is 8.09. The highest BCUT2D eigenvalue weighted by atomic mass is 35.5. The number of carbonyl (C=O) groups is 1. The summed E-state index contributed by atoms with van der Waals surface area (Å²) in [6.45, 7) is 3.18. The summed E-state index contributed by atoms with van der Waals surface area (Å²) in [6, 6.07) is 3.09. The molecule has 3 heterocycles. The van der Waals surface area contributed by atoms with Crippen molar-refractivity contribution >= 4 is 45.0 Å². The van der Waals surface area contributed by atoms with Crippen molar-refractivity contribution in [3.63, 3.8) is 0 Å². The molecule has 0 unspecified atom stereocenters. The summed E-state index contributed by atoms with van der Waals surface area (Å²) in [5.41, 5.74) is 3.35. The van der Waals surface area contributed by atoms with E-state index in [1.165, 1.54) is 17.4 Å². The molecule has 0 saturated heterocycles. The lowest BCUT2D eigenvalue weighted by molar-refractivity contribution is 0.102. The summed E-state index contributed by atoms with van der Waals surface area (Å²) in [7, 11) is 0. The molecule has 0 fully saturated rings. The topological polar surface area (TPSA) is 82.7 Å². The summed E-state index contributed by atoms with van der Waals surface area (Å²) >= 11 is 1.32. The molecule has 24 heavy (non-hydrogen) atoms. The van der Waals surface area contributed by atoms with Crippen LogP contribution in [0.3, 0.4) is 0 Å². The number of aromatic amines is 1. The Morgan fingerprint density at radius 1 is 1.42 bits per heavy atom. The van der Waals surface area contributed by atoms with Gasteiger partial charge in [0.1, 0.15) is 5.82 Å². The molecular weight excluding hydrogens is 353 g/mol. The molecule has 3 N–H and O–H groups in total. The minimum absolute atomic E-state index is 0. The number of benzene rings is 1. The SMILES string of the molecule is Cc1c(F)ccc2sc(NC(=O)c3n[nH]c4c3CNCC4)nc12.Cl. The average Bonchev–Trinajstić information content (AvgIpc) is 3.15. The van der Waals surface area contributed by atoms with Crippen molar-refractivity contribution in [2.24, 2.45) is 0 Å². The number of fused-ring (bicyclic) bond motifs is 2. The van der Waals surface area contributed by atoms with E-state index in [9.17, 15) is 9.18 Å². The number of aromatic nitrogens is 3. The molecule has 0 aliphatic carbocycles. The lowest BCUT2D eigenvalue weighted by atomic mass is 10.1. The van der Waals surface area contributed by atoms with Gasteiger partial charge >= 0.3 is 0 Å². The van der Waals surface area contributed by atoms with E-state index in [4.69, 9.17) is 0 Å². The van der Waals surface area contributed by atoms with Gasteiger partial charge in [-0.1, -0.05) is 11.3 Å². The van der Waals surface area contributed by atoms with Crippen LogP contribution in [0, 0.1) is 12.7 Å². The lowest BCUT2D eigenvalue weighted by Gasteiger charge is -2.12. The highest BCUT2D eigenvalue weighted by Gasteiger charge is 2.22. The van der Waals surface area contributed by atoms with E-state index in [1.807, 2.05) is 0 Å². The van der Waals surface area contributed by atoms with Gasteiger partial charge in [-0.05, 0) is 19.1 Å². The number of hydrogen-bond acceptors (Lipinski definition) is 5. The zero-order chi connectivity index (χ0) is 16.0. The number of aryl methyl sites for hydroxylation is 1. The van der Waals surface area contributed by atoms with Gasteiger partial charge in [0.2, 0.25) is 0 Å². The molecule has 0 atom stereocenters. The molecule has 0 bridgehead atoms. The minimum Gasteiger partial charge on any atom is -0.312 e. The molecule has 126 valence electrons. The highest BCUT2D eigenvalue weighted by molar-refractivity contribution is 7.22. The van der Waals surface area contributed by atoms with Crippen molar-refractivity contribution in [1.29, 1.82) is 0 Å². The van der Waals surface area contributed by atoms with Crippen molar-refractivity contribution in [3.8, 4) is 0 Å². The van der Waals surface area contributed by atoms with Crippen LogP contribution in [-0.4, -0.2) is 27.6 Å². The summed E-state index contributed by atoms with van der Waals surface area (Å²) in [4.78, 5) is 16.8. The summed E-state index contributed by atoms with van der Waals surface area (Å²) in [5.74, 6) is -0.600. The van der Waals surface area contributed by atoms with Crippen LogP contribution in [0.5, 0.6) is 0 Å². The third-order valence-corrected chi connectivity index (χ3v) is 4.93. The number of thiazole rings is 1. The standard InChI is InChI=1S/C15H14FN5OS.ClH/c1-7-9(16)2-3-11-12(7)18-15(23-11)19-14(22)13-8-6-17-5-4-10(8)20-21-13;/h2-3,17H,4-6H2,1H3,(H,20,21)(H,18,19,22);1H. The Labute approximate surface area is 147 Å². The Balaban J connectivity index is 0.00000169. The average molecular weight is 368 g/mol.